The van der Waals surface area contributed by atoms with Gasteiger partial charge in [-0.25, -0.2) is 13.6 Å². The van der Waals surface area contributed by atoms with Gasteiger partial charge in [-0.2, -0.15) is 0 Å². The first kappa shape index (κ1) is 18.0. The summed E-state index contributed by atoms with van der Waals surface area (Å²) in [6.07, 6.45) is 5.10. The van der Waals surface area contributed by atoms with Gasteiger partial charge in [-0.05, 0) is 32.1 Å². The number of aryl methyl sites for hydroxylation is 1. The fraction of sp³-hybridized carbons (Fsp3) is 0.688. The molecule has 1 aromatic heterocycles. The van der Waals surface area contributed by atoms with Crippen molar-refractivity contribution in [3.63, 3.8) is 0 Å². The molecular weight excluding hydrogens is 316 g/mol. The molecule has 1 amide bonds. The summed E-state index contributed by atoms with van der Waals surface area (Å²) in [6.45, 7) is 6.47. The molecule has 2 N–H and O–H groups in total. The summed E-state index contributed by atoms with van der Waals surface area (Å²) in [6, 6.07) is 1.43. The molecule has 130 valence electrons. The largest absolute Gasteiger partial charge is 0.455 e. The molecule has 23 heavy (non-hydrogen) atoms. The van der Waals surface area contributed by atoms with Crippen LogP contribution in [0.5, 0.6) is 0 Å². The first-order valence-corrected chi connectivity index (χ1v) is 9.69. The van der Waals surface area contributed by atoms with E-state index in [0.29, 0.717) is 12.5 Å². The Morgan fingerprint density at radius 2 is 2.09 bits per heavy atom. The maximum atomic E-state index is 12.8. The number of rotatable bonds is 4. The van der Waals surface area contributed by atoms with Crippen LogP contribution in [-0.4, -0.2) is 31.8 Å². The van der Waals surface area contributed by atoms with Crippen molar-refractivity contribution >= 4 is 15.9 Å². The van der Waals surface area contributed by atoms with Crippen LogP contribution in [0.15, 0.2) is 15.4 Å². The van der Waals surface area contributed by atoms with Crippen molar-refractivity contribution < 1.29 is 17.6 Å². The van der Waals surface area contributed by atoms with Crippen LogP contribution in [0, 0.1) is 12.8 Å². The molecule has 2 rings (SSSR count). The molecule has 0 aromatic carbocycles. The van der Waals surface area contributed by atoms with Gasteiger partial charge in [-0.1, -0.05) is 26.7 Å². The molecule has 0 aliphatic carbocycles. The normalized spacial score (nSPS) is 19.9. The highest BCUT2D eigenvalue weighted by Gasteiger charge is 2.30. The fourth-order valence-corrected chi connectivity index (χ4v) is 3.94. The maximum Gasteiger partial charge on any atom is 0.289 e. The Morgan fingerprint density at radius 3 is 2.65 bits per heavy atom. The number of sulfonamides is 1. The number of hydrogen-bond donors (Lipinski definition) is 1. The Bertz CT molecular complexity index is 664. The number of nitrogens with zero attached hydrogens (tertiary/aromatic N) is 1. The minimum absolute atomic E-state index is 0.0576. The van der Waals surface area contributed by atoms with Gasteiger partial charge in [-0.3, -0.25) is 4.79 Å². The summed E-state index contributed by atoms with van der Waals surface area (Å²) >= 11 is 0. The third kappa shape index (κ3) is 4.35. The van der Waals surface area contributed by atoms with E-state index >= 15 is 0 Å². The fourth-order valence-electron chi connectivity index (χ4n) is 3.23. The SMILES string of the molecule is Cc1oc(C(=O)N2CCCCCC2CC(C)C)cc1S(N)(=O)=O. The van der Waals surface area contributed by atoms with Crippen LogP contribution in [0.25, 0.3) is 0 Å². The Balaban J connectivity index is 2.29. The Morgan fingerprint density at radius 1 is 1.39 bits per heavy atom. The monoisotopic (exact) mass is 342 g/mol. The van der Waals surface area contributed by atoms with Crippen LogP contribution in [0.1, 0.15) is 62.3 Å². The summed E-state index contributed by atoms with van der Waals surface area (Å²) in [5.41, 5.74) is 0. The predicted octanol–water partition coefficient (Wildman–Crippen LogP) is 2.67. The van der Waals surface area contributed by atoms with Crippen molar-refractivity contribution in [2.24, 2.45) is 11.1 Å². The van der Waals surface area contributed by atoms with Gasteiger partial charge in [0.15, 0.2) is 5.76 Å². The van der Waals surface area contributed by atoms with Gasteiger partial charge in [-0.15, -0.1) is 0 Å². The number of furan rings is 1. The van der Waals surface area contributed by atoms with Crippen LogP contribution in [-0.2, 0) is 10.0 Å². The van der Waals surface area contributed by atoms with E-state index in [1.165, 1.54) is 13.0 Å². The average Bonchev–Trinajstić information content (AvgIpc) is 2.69. The van der Waals surface area contributed by atoms with E-state index in [4.69, 9.17) is 9.56 Å². The molecule has 1 saturated heterocycles. The van der Waals surface area contributed by atoms with Gasteiger partial charge < -0.3 is 9.32 Å². The van der Waals surface area contributed by atoms with Gasteiger partial charge in [0.05, 0.1) is 0 Å². The molecule has 1 fully saturated rings. The van der Waals surface area contributed by atoms with Gasteiger partial charge in [0, 0.05) is 18.7 Å². The molecule has 0 radical (unpaired) electrons. The molecule has 1 aromatic rings. The summed E-state index contributed by atoms with van der Waals surface area (Å²) in [7, 11) is -3.88. The van der Waals surface area contributed by atoms with Gasteiger partial charge in [0.25, 0.3) is 5.91 Å². The smallest absolute Gasteiger partial charge is 0.289 e. The molecule has 1 aliphatic heterocycles. The second-order valence-electron chi connectivity index (χ2n) is 6.71. The molecule has 1 aliphatic rings. The van der Waals surface area contributed by atoms with Crippen molar-refractivity contribution in [1.29, 1.82) is 0 Å². The lowest BCUT2D eigenvalue weighted by molar-refractivity contribution is 0.0627. The molecule has 0 spiro atoms. The summed E-state index contributed by atoms with van der Waals surface area (Å²) < 4.78 is 28.4. The van der Waals surface area contributed by atoms with Crippen LogP contribution in [0.4, 0.5) is 0 Å². The highest BCUT2D eigenvalue weighted by Crippen LogP contribution is 2.26. The quantitative estimate of drug-likeness (QED) is 0.910. The number of hydrogen-bond acceptors (Lipinski definition) is 4. The molecule has 1 atom stereocenters. The predicted molar refractivity (Wildman–Crippen MR) is 87.6 cm³/mol. The molecule has 0 bridgehead atoms. The van der Waals surface area contributed by atoms with Crippen LogP contribution < -0.4 is 5.14 Å². The molecular formula is C16H26N2O4S. The lowest BCUT2D eigenvalue weighted by Gasteiger charge is -2.30. The number of likely N-dealkylation sites (tertiary alicyclic amines) is 1. The zero-order valence-electron chi connectivity index (χ0n) is 14.0. The molecule has 7 heteroatoms. The molecule has 1 unspecified atom stereocenters. The van der Waals surface area contributed by atoms with E-state index < -0.39 is 10.0 Å². The summed E-state index contributed by atoms with van der Waals surface area (Å²) in [5.74, 6) is 0.468. The minimum atomic E-state index is -3.88. The van der Waals surface area contributed by atoms with Crippen molar-refractivity contribution in [1.82, 2.24) is 4.90 Å². The van der Waals surface area contributed by atoms with E-state index in [1.807, 2.05) is 4.90 Å². The topological polar surface area (TPSA) is 93.6 Å². The van der Waals surface area contributed by atoms with E-state index in [-0.39, 0.29) is 28.4 Å². The van der Waals surface area contributed by atoms with Crippen molar-refractivity contribution in [2.75, 3.05) is 6.54 Å². The van der Waals surface area contributed by atoms with Gasteiger partial charge in [0.1, 0.15) is 10.7 Å². The number of carbonyl (C=O) groups is 1. The van der Waals surface area contributed by atoms with Crippen LogP contribution >= 0.6 is 0 Å². The van der Waals surface area contributed by atoms with Crippen LogP contribution in [0.3, 0.4) is 0 Å². The third-order valence-corrected chi connectivity index (χ3v) is 5.29. The second kappa shape index (κ2) is 7.05. The number of primary sulfonamides is 1. The lowest BCUT2D eigenvalue weighted by Crippen LogP contribution is -2.40. The van der Waals surface area contributed by atoms with E-state index in [9.17, 15) is 13.2 Å². The van der Waals surface area contributed by atoms with E-state index in [2.05, 4.69) is 13.8 Å². The van der Waals surface area contributed by atoms with Crippen molar-refractivity contribution in [3.05, 3.63) is 17.6 Å². The zero-order valence-corrected chi connectivity index (χ0v) is 14.9. The Hall–Kier alpha value is -1.34. The highest BCUT2D eigenvalue weighted by atomic mass is 32.2. The van der Waals surface area contributed by atoms with Crippen molar-refractivity contribution in [2.45, 2.75) is 63.8 Å². The summed E-state index contributed by atoms with van der Waals surface area (Å²) in [4.78, 5) is 14.6. The standard InChI is InChI=1S/C16H26N2O4S/c1-11(2)9-13-7-5-4-6-8-18(13)16(19)14-10-15(12(3)22-14)23(17,20)21/h10-11,13H,4-9H2,1-3H3,(H2,17,20,21). The van der Waals surface area contributed by atoms with Gasteiger partial charge >= 0.3 is 0 Å². The molecule has 0 saturated carbocycles. The average molecular weight is 342 g/mol. The highest BCUT2D eigenvalue weighted by molar-refractivity contribution is 7.89. The Labute approximate surface area is 138 Å². The first-order valence-electron chi connectivity index (χ1n) is 8.14. The van der Waals surface area contributed by atoms with E-state index in [0.717, 1.165) is 32.1 Å². The Kier molecular flexibility index (Phi) is 5.52. The second-order valence-corrected chi connectivity index (χ2v) is 8.24. The first-order chi connectivity index (χ1) is 10.7. The number of amides is 1. The van der Waals surface area contributed by atoms with Crippen LogP contribution in [0.2, 0.25) is 0 Å². The van der Waals surface area contributed by atoms with E-state index in [1.54, 1.807) is 0 Å². The number of nitrogens with two attached hydrogens (primary N) is 1. The van der Waals surface area contributed by atoms with Gasteiger partial charge in [0.2, 0.25) is 10.0 Å². The molecule has 6 nitrogen and oxygen atoms in total. The lowest BCUT2D eigenvalue weighted by atomic mass is 9.98. The zero-order chi connectivity index (χ0) is 17.2. The third-order valence-electron chi connectivity index (χ3n) is 4.27. The maximum absolute atomic E-state index is 12.8. The molecule has 2 heterocycles. The summed E-state index contributed by atoms with van der Waals surface area (Å²) in [5, 5.41) is 5.16. The number of carbonyl (C=O) groups excluding carboxylic acids is 1. The van der Waals surface area contributed by atoms with Crippen molar-refractivity contribution in [3.8, 4) is 0 Å². The minimum Gasteiger partial charge on any atom is -0.455 e.